The zero-order chi connectivity index (χ0) is 16.5. The average Bonchev–Trinajstić information content (AvgIpc) is 3.24. The van der Waals surface area contributed by atoms with E-state index in [1.807, 2.05) is 25.1 Å². The van der Waals surface area contributed by atoms with Gasteiger partial charge in [0.25, 0.3) is 11.1 Å². The first-order chi connectivity index (χ1) is 11.7. The second-order valence-corrected chi connectivity index (χ2v) is 6.56. The average molecular weight is 358 g/mol. The van der Waals surface area contributed by atoms with Gasteiger partial charge < -0.3 is 8.83 Å². The molecule has 0 amide bonds. The van der Waals surface area contributed by atoms with E-state index in [4.69, 9.17) is 20.4 Å². The number of halogens is 1. The van der Waals surface area contributed by atoms with Crippen LogP contribution in [0.1, 0.15) is 11.1 Å². The molecule has 0 unspecified atom stereocenters. The van der Waals surface area contributed by atoms with Crippen LogP contribution in [-0.4, -0.2) is 15.2 Å². The van der Waals surface area contributed by atoms with Gasteiger partial charge in [0.15, 0.2) is 5.76 Å². The summed E-state index contributed by atoms with van der Waals surface area (Å²) in [7, 11) is 0. The maximum absolute atomic E-state index is 6.30. The lowest BCUT2D eigenvalue weighted by atomic mass is 10.1. The van der Waals surface area contributed by atoms with E-state index in [-0.39, 0.29) is 0 Å². The molecule has 3 heterocycles. The number of pyridine rings is 1. The van der Waals surface area contributed by atoms with E-state index >= 15 is 0 Å². The fourth-order valence-corrected chi connectivity index (χ4v) is 3.33. The minimum Gasteiger partial charge on any atom is -0.459 e. The van der Waals surface area contributed by atoms with Gasteiger partial charge in [-0.1, -0.05) is 35.5 Å². The third-order valence-corrected chi connectivity index (χ3v) is 4.68. The Bertz CT molecular complexity index is 998. The standard InChI is InChI=1S/C17H12ClN3O2S/c1-10-4-5-11-8-12(15(18)19-13(11)7-10)9-24-17-21-20-16(23-17)14-3-2-6-22-14/h2-8H,9H2,1H3. The molecule has 3 aromatic heterocycles. The summed E-state index contributed by atoms with van der Waals surface area (Å²) >= 11 is 7.71. The fraction of sp³-hybridized carbons (Fsp3) is 0.118. The SMILES string of the molecule is Cc1ccc2cc(CSc3nnc(-c4ccco4)o3)c(Cl)nc2c1. The predicted molar refractivity (Wildman–Crippen MR) is 93.1 cm³/mol. The van der Waals surface area contributed by atoms with Crippen molar-refractivity contribution in [1.82, 2.24) is 15.2 Å². The molecule has 0 saturated heterocycles. The minimum absolute atomic E-state index is 0.362. The fourth-order valence-electron chi connectivity index (χ4n) is 2.31. The molecule has 1 aromatic carbocycles. The molecule has 0 N–H and O–H groups in total. The van der Waals surface area contributed by atoms with Crippen LogP contribution >= 0.6 is 23.4 Å². The van der Waals surface area contributed by atoms with Crippen LogP contribution in [-0.2, 0) is 5.75 Å². The molecular weight excluding hydrogens is 346 g/mol. The van der Waals surface area contributed by atoms with Crippen molar-refractivity contribution in [3.8, 4) is 11.7 Å². The van der Waals surface area contributed by atoms with Gasteiger partial charge in [-0.15, -0.1) is 10.2 Å². The molecule has 0 aliphatic heterocycles. The van der Waals surface area contributed by atoms with E-state index < -0.39 is 0 Å². The van der Waals surface area contributed by atoms with Crippen LogP contribution in [0.15, 0.2) is 56.7 Å². The number of hydrogen-bond donors (Lipinski definition) is 0. The highest BCUT2D eigenvalue weighted by atomic mass is 35.5. The molecule has 7 heteroatoms. The smallest absolute Gasteiger partial charge is 0.284 e. The lowest BCUT2D eigenvalue weighted by Crippen LogP contribution is -1.89. The highest BCUT2D eigenvalue weighted by Crippen LogP contribution is 2.29. The molecule has 0 aliphatic carbocycles. The normalized spacial score (nSPS) is 11.2. The van der Waals surface area contributed by atoms with Gasteiger partial charge in [-0.25, -0.2) is 4.98 Å². The zero-order valence-electron chi connectivity index (χ0n) is 12.7. The maximum atomic E-state index is 6.30. The van der Waals surface area contributed by atoms with Crippen LogP contribution in [0.5, 0.6) is 0 Å². The molecule has 4 aromatic rings. The molecule has 0 bridgehead atoms. The molecule has 120 valence electrons. The van der Waals surface area contributed by atoms with Crippen LogP contribution in [0.2, 0.25) is 5.15 Å². The molecule has 0 saturated carbocycles. The highest BCUT2D eigenvalue weighted by molar-refractivity contribution is 7.98. The maximum Gasteiger partial charge on any atom is 0.284 e. The van der Waals surface area contributed by atoms with Gasteiger partial charge in [-0.3, -0.25) is 0 Å². The van der Waals surface area contributed by atoms with Crippen LogP contribution in [0.25, 0.3) is 22.6 Å². The van der Waals surface area contributed by atoms with E-state index in [2.05, 4.69) is 21.2 Å². The number of benzene rings is 1. The number of hydrogen-bond acceptors (Lipinski definition) is 6. The van der Waals surface area contributed by atoms with Crippen LogP contribution in [0, 0.1) is 6.92 Å². The van der Waals surface area contributed by atoms with Crippen LogP contribution < -0.4 is 0 Å². The van der Waals surface area contributed by atoms with Gasteiger partial charge in [-0.05, 0) is 36.8 Å². The first kappa shape index (κ1) is 15.2. The Kier molecular flexibility index (Phi) is 4.00. The lowest BCUT2D eigenvalue weighted by Gasteiger charge is -2.05. The van der Waals surface area contributed by atoms with Crippen molar-refractivity contribution < 1.29 is 8.83 Å². The summed E-state index contributed by atoms with van der Waals surface area (Å²) in [6.07, 6.45) is 1.56. The number of furan rings is 1. The van der Waals surface area contributed by atoms with Gasteiger partial charge >= 0.3 is 0 Å². The van der Waals surface area contributed by atoms with Gasteiger partial charge in [0.2, 0.25) is 0 Å². The van der Waals surface area contributed by atoms with Gasteiger partial charge in [-0.2, -0.15) is 0 Å². The highest BCUT2D eigenvalue weighted by Gasteiger charge is 2.13. The first-order valence-corrected chi connectivity index (χ1v) is 8.61. The Hall–Kier alpha value is -2.31. The Morgan fingerprint density at radius 1 is 1.17 bits per heavy atom. The van der Waals surface area contributed by atoms with Crippen molar-refractivity contribution in [2.75, 3.05) is 0 Å². The van der Waals surface area contributed by atoms with E-state index in [0.717, 1.165) is 22.0 Å². The van der Waals surface area contributed by atoms with Gasteiger partial charge in [0, 0.05) is 16.7 Å². The molecule has 0 radical (unpaired) electrons. The monoisotopic (exact) mass is 357 g/mol. The lowest BCUT2D eigenvalue weighted by molar-refractivity contribution is 0.447. The Morgan fingerprint density at radius 3 is 2.92 bits per heavy atom. The third-order valence-electron chi connectivity index (χ3n) is 3.49. The molecule has 24 heavy (non-hydrogen) atoms. The predicted octanol–water partition coefficient (Wildman–Crippen LogP) is 5.13. The zero-order valence-corrected chi connectivity index (χ0v) is 14.3. The summed E-state index contributed by atoms with van der Waals surface area (Å²) in [4.78, 5) is 4.47. The number of aryl methyl sites for hydroxylation is 1. The third kappa shape index (κ3) is 3.02. The minimum atomic E-state index is 0.362. The van der Waals surface area contributed by atoms with Crippen LogP contribution in [0.3, 0.4) is 0 Å². The number of fused-ring (bicyclic) bond motifs is 1. The van der Waals surface area contributed by atoms with Crippen molar-refractivity contribution in [3.05, 3.63) is 58.9 Å². The molecule has 0 spiro atoms. The summed E-state index contributed by atoms with van der Waals surface area (Å²) in [5.41, 5.74) is 2.98. The second-order valence-electron chi connectivity index (χ2n) is 5.27. The van der Waals surface area contributed by atoms with Crippen LogP contribution in [0.4, 0.5) is 0 Å². The largest absolute Gasteiger partial charge is 0.459 e. The Labute approximate surface area is 147 Å². The quantitative estimate of drug-likeness (QED) is 0.372. The van der Waals surface area contributed by atoms with Crippen molar-refractivity contribution in [2.45, 2.75) is 17.9 Å². The summed E-state index contributed by atoms with van der Waals surface area (Å²) in [6, 6.07) is 11.7. The van der Waals surface area contributed by atoms with E-state index in [1.165, 1.54) is 11.8 Å². The summed E-state index contributed by atoms with van der Waals surface area (Å²) in [5, 5.41) is 10.00. The van der Waals surface area contributed by atoms with Crippen molar-refractivity contribution in [2.24, 2.45) is 0 Å². The van der Waals surface area contributed by atoms with Gasteiger partial charge in [0.05, 0.1) is 11.8 Å². The summed E-state index contributed by atoms with van der Waals surface area (Å²) in [6.45, 7) is 2.03. The summed E-state index contributed by atoms with van der Waals surface area (Å²) < 4.78 is 10.8. The van der Waals surface area contributed by atoms with Crippen molar-refractivity contribution >= 4 is 34.3 Å². The number of nitrogens with zero attached hydrogens (tertiary/aromatic N) is 3. The molecular formula is C17H12ClN3O2S. The number of aromatic nitrogens is 3. The van der Waals surface area contributed by atoms with E-state index in [1.54, 1.807) is 18.4 Å². The van der Waals surface area contributed by atoms with Gasteiger partial charge in [0.1, 0.15) is 5.15 Å². The Balaban J connectivity index is 1.54. The summed E-state index contributed by atoms with van der Waals surface area (Å²) in [5.74, 6) is 1.51. The molecule has 0 fully saturated rings. The van der Waals surface area contributed by atoms with Crippen molar-refractivity contribution in [3.63, 3.8) is 0 Å². The van der Waals surface area contributed by atoms with E-state index in [9.17, 15) is 0 Å². The van der Waals surface area contributed by atoms with Crippen molar-refractivity contribution in [1.29, 1.82) is 0 Å². The second kappa shape index (κ2) is 6.30. The molecule has 5 nitrogen and oxygen atoms in total. The van der Waals surface area contributed by atoms with E-state index in [0.29, 0.717) is 27.8 Å². The Morgan fingerprint density at radius 2 is 2.08 bits per heavy atom. The first-order valence-electron chi connectivity index (χ1n) is 7.25. The topological polar surface area (TPSA) is 65.0 Å². The number of thioether (sulfide) groups is 1. The molecule has 0 aliphatic rings. The number of rotatable bonds is 4. The molecule has 4 rings (SSSR count). The molecule has 0 atom stereocenters.